The summed E-state index contributed by atoms with van der Waals surface area (Å²) in [5.74, 6) is 0. The molecule has 1 aliphatic rings. The van der Waals surface area contributed by atoms with Gasteiger partial charge in [-0.3, -0.25) is 4.90 Å². The van der Waals surface area contributed by atoms with Crippen molar-refractivity contribution in [3.05, 3.63) is 69.2 Å². The Labute approximate surface area is 136 Å². The zero-order valence-corrected chi connectivity index (χ0v) is 14.2. The maximum atomic E-state index is 3.72. The molecule has 1 nitrogen and oxygen atoms in total. The molecular weight excluding hydrogens is 322 g/mol. The summed E-state index contributed by atoms with van der Waals surface area (Å²) in [6.07, 6.45) is 3.59. The molecular formula is C19H22BrN. The Kier molecular flexibility index (Phi) is 4.77. The third-order valence-electron chi connectivity index (χ3n) is 4.29. The van der Waals surface area contributed by atoms with Gasteiger partial charge in [-0.1, -0.05) is 52.3 Å². The molecule has 21 heavy (non-hydrogen) atoms. The Morgan fingerprint density at radius 2 is 1.95 bits per heavy atom. The van der Waals surface area contributed by atoms with E-state index < -0.39 is 0 Å². The zero-order valence-electron chi connectivity index (χ0n) is 12.6. The molecule has 0 atom stereocenters. The number of hydrogen-bond acceptors (Lipinski definition) is 1. The van der Waals surface area contributed by atoms with Gasteiger partial charge in [-0.25, -0.2) is 0 Å². The number of fused-ring (bicyclic) bond motifs is 1. The molecule has 2 heteroatoms. The number of nitrogens with zero attached hydrogens (tertiary/aromatic N) is 1. The minimum absolute atomic E-state index is 1.10. The van der Waals surface area contributed by atoms with Crippen molar-refractivity contribution in [3.63, 3.8) is 0 Å². The van der Waals surface area contributed by atoms with Crippen LogP contribution < -0.4 is 0 Å². The summed E-state index contributed by atoms with van der Waals surface area (Å²) in [4.78, 5) is 2.59. The molecule has 2 aromatic rings. The number of halogens is 1. The second kappa shape index (κ2) is 6.76. The zero-order chi connectivity index (χ0) is 14.7. The average molecular weight is 344 g/mol. The summed E-state index contributed by atoms with van der Waals surface area (Å²) >= 11 is 3.72. The first kappa shape index (κ1) is 14.8. The third-order valence-corrected chi connectivity index (χ3v) is 4.99. The highest BCUT2D eigenvalue weighted by Crippen LogP contribution is 2.28. The van der Waals surface area contributed by atoms with Crippen molar-refractivity contribution in [1.29, 1.82) is 0 Å². The van der Waals surface area contributed by atoms with Gasteiger partial charge in [0.1, 0.15) is 0 Å². The Morgan fingerprint density at radius 1 is 1.14 bits per heavy atom. The lowest BCUT2D eigenvalue weighted by atomic mass is 9.97. The van der Waals surface area contributed by atoms with E-state index in [1.807, 2.05) is 0 Å². The SMILES string of the molecule is Cc1cc(Br)c2c(c1)CN(CCCc1ccccc1)CC2. The lowest BCUT2D eigenvalue weighted by Crippen LogP contribution is -2.31. The first-order valence-electron chi connectivity index (χ1n) is 7.76. The first-order valence-corrected chi connectivity index (χ1v) is 8.56. The minimum atomic E-state index is 1.10. The number of rotatable bonds is 4. The maximum Gasteiger partial charge on any atom is 0.0237 e. The summed E-state index contributed by atoms with van der Waals surface area (Å²) in [6, 6.07) is 15.4. The molecule has 0 unspecified atom stereocenters. The number of aryl methyl sites for hydroxylation is 2. The third kappa shape index (κ3) is 3.75. The molecule has 1 heterocycles. The molecule has 1 aliphatic heterocycles. The fourth-order valence-electron chi connectivity index (χ4n) is 3.20. The van der Waals surface area contributed by atoms with Crippen molar-refractivity contribution in [2.45, 2.75) is 32.7 Å². The van der Waals surface area contributed by atoms with Gasteiger partial charge in [-0.05, 0) is 61.1 Å². The van der Waals surface area contributed by atoms with Crippen LogP contribution in [0.15, 0.2) is 46.9 Å². The van der Waals surface area contributed by atoms with Gasteiger partial charge in [0, 0.05) is 17.6 Å². The normalized spacial score (nSPS) is 15.0. The quantitative estimate of drug-likeness (QED) is 0.774. The molecule has 0 saturated carbocycles. The summed E-state index contributed by atoms with van der Waals surface area (Å²) < 4.78 is 1.29. The highest BCUT2D eigenvalue weighted by molar-refractivity contribution is 9.10. The highest BCUT2D eigenvalue weighted by atomic mass is 79.9. The van der Waals surface area contributed by atoms with E-state index in [1.165, 1.54) is 59.1 Å². The van der Waals surface area contributed by atoms with Crippen LogP contribution in [0.2, 0.25) is 0 Å². The number of hydrogen-bond donors (Lipinski definition) is 0. The topological polar surface area (TPSA) is 3.24 Å². The standard InChI is InChI=1S/C19H22BrN/c1-15-12-17-14-21(11-9-18(17)19(20)13-15)10-5-8-16-6-3-2-4-7-16/h2-4,6-7,12-13H,5,8-11,14H2,1H3. The van der Waals surface area contributed by atoms with E-state index in [0.29, 0.717) is 0 Å². The van der Waals surface area contributed by atoms with E-state index in [2.05, 4.69) is 70.2 Å². The monoisotopic (exact) mass is 343 g/mol. The van der Waals surface area contributed by atoms with E-state index in [9.17, 15) is 0 Å². The molecule has 0 spiro atoms. The van der Waals surface area contributed by atoms with Crippen molar-refractivity contribution in [2.75, 3.05) is 13.1 Å². The van der Waals surface area contributed by atoms with Gasteiger partial charge in [0.2, 0.25) is 0 Å². The second-order valence-corrected chi connectivity index (χ2v) is 6.85. The minimum Gasteiger partial charge on any atom is -0.299 e. The number of benzene rings is 2. The van der Waals surface area contributed by atoms with E-state index in [1.54, 1.807) is 0 Å². The van der Waals surface area contributed by atoms with Crippen LogP contribution in [-0.4, -0.2) is 18.0 Å². The van der Waals surface area contributed by atoms with Gasteiger partial charge >= 0.3 is 0 Å². The van der Waals surface area contributed by atoms with Crippen LogP contribution >= 0.6 is 15.9 Å². The highest BCUT2D eigenvalue weighted by Gasteiger charge is 2.18. The molecule has 3 rings (SSSR count). The summed E-state index contributed by atoms with van der Waals surface area (Å²) in [6.45, 7) is 5.66. The van der Waals surface area contributed by atoms with Crippen LogP contribution in [0.25, 0.3) is 0 Å². The van der Waals surface area contributed by atoms with E-state index in [4.69, 9.17) is 0 Å². The summed E-state index contributed by atoms with van der Waals surface area (Å²) in [7, 11) is 0. The van der Waals surface area contributed by atoms with Gasteiger partial charge < -0.3 is 0 Å². The Bertz CT molecular complexity index is 606. The van der Waals surface area contributed by atoms with Crippen molar-refractivity contribution in [3.8, 4) is 0 Å². The Hall–Kier alpha value is -1.12. The smallest absolute Gasteiger partial charge is 0.0237 e. The van der Waals surface area contributed by atoms with Gasteiger partial charge in [0.15, 0.2) is 0 Å². The molecule has 110 valence electrons. The van der Waals surface area contributed by atoms with Crippen LogP contribution in [-0.2, 0) is 19.4 Å². The van der Waals surface area contributed by atoms with E-state index >= 15 is 0 Å². The van der Waals surface area contributed by atoms with Crippen molar-refractivity contribution in [1.82, 2.24) is 4.90 Å². The molecule has 0 fully saturated rings. The largest absolute Gasteiger partial charge is 0.299 e. The van der Waals surface area contributed by atoms with Crippen LogP contribution in [0.4, 0.5) is 0 Å². The van der Waals surface area contributed by atoms with Gasteiger partial charge in [-0.15, -0.1) is 0 Å². The predicted octanol–water partition coefficient (Wildman–Crippen LogP) is 4.75. The predicted molar refractivity (Wildman–Crippen MR) is 92.6 cm³/mol. The lowest BCUT2D eigenvalue weighted by Gasteiger charge is -2.29. The Morgan fingerprint density at radius 3 is 2.76 bits per heavy atom. The van der Waals surface area contributed by atoms with Crippen LogP contribution in [0, 0.1) is 6.92 Å². The van der Waals surface area contributed by atoms with Crippen molar-refractivity contribution in [2.24, 2.45) is 0 Å². The molecule has 0 aromatic heterocycles. The van der Waals surface area contributed by atoms with E-state index in [0.717, 1.165) is 6.54 Å². The lowest BCUT2D eigenvalue weighted by molar-refractivity contribution is 0.251. The fourth-order valence-corrected chi connectivity index (χ4v) is 4.01. The molecule has 0 saturated heterocycles. The van der Waals surface area contributed by atoms with Gasteiger partial charge in [0.25, 0.3) is 0 Å². The average Bonchev–Trinajstić information content (AvgIpc) is 2.48. The molecule has 2 aromatic carbocycles. The first-order chi connectivity index (χ1) is 10.2. The molecule has 0 radical (unpaired) electrons. The molecule has 0 bridgehead atoms. The molecule has 0 N–H and O–H groups in total. The van der Waals surface area contributed by atoms with Gasteiger partial charge in [-0.2, -0.15) is 0 Å². The van der Waals surface area contributed by atoms with Crippen LogP contribution in [0.1, 0.15) is 28.7 Å². The van der Waals surface area contributed by atoms with Crippen molar-refractivity contribution < 1.29 is 0 Å². The second-order valence-electron chi connectivity index (χ2n) is 6.00. The molecule has 0 aliphatic carbocycles. The van der Waals surface area contributed by atoms with Gasteiger partial charge in [0.05, 0.1) is 0 Å². The fraction of sp³-hybridized carbons (Fsp3) is 0.368. The summed E-state index contributed by atoms with van der Waals surface area (Å²) in [5.41, 5.74) is 5.83. The Balaban J connectivity index is 1.57. The van der Waals surface area contributed by atoms with E-state index in [-0.39, 0.29) is 0 Å². The maximum absolute atomic E-state index is 3.72. The molecule has 0 amide bonds. The van der Waals surface area contributed by atoms with Crippen LogP contribution in [0.3, 0.4) is 0 Å². The van der Waals surface area contributed by atoms with Crippen LogP contribution in [0.5, 0.6) is 0 Å². The summed E-state index contributed by atoms with van der Waals surface area (Å²) in [5, 5.41) is 0. The van der Waals surface area contributed by atoms with Crippen molar-refractivity contribution >= 4 is 15.9 Å².